The number of amides is 2. The van der Waals surface area contributed by atoms with Crippen LogP contribution in [0.1, 0.15) is 18.1 Å². The highest BCUT2D eigenvalue weighted by Crippen LogP contribution is 2.17. The van der Waals surface area contributed by atoms with Crippen LogP contribution >= 0.6 is 0 Å². The summed E-state index contributed by atoms with van der Waals surface area (Å²) in [6.07, 6.45) is 0. The highest BCUT2D eigenvalue weighted by atomic mass is 16.2. The Morgan fingerprint density at radius 2 is 1.75 bits per heavy atom. The smallest absolute Gasteiger partial charge is 0.330 e. The molecule has 0 aliphatic rings. The van der Waals surface area contributed by atoms with Crippen molar-refractivity contribution in [1.82, 2.24) is 14.5 Å². The molecule has 0 aliphatic heterocycles. The summed E-state index contributed by atoms with van der Waals surface area (Å²) >= 11 is 0. The summed E-state index contributed by atoms with van der Waals surface area (Å²) in [5.74, 6) is -0.998. The maximum Gasteiger partial charge on any atom is 0.330 e. The van der Waals surface area contributed by atoms with E-state index in [-0.39, 0.29) is 30.5 Å². The monoisotopic (exact) mass is 489 g/mol. The number of nitrogens with one attached hydrogen (secondary N) is 2. The quantitative estimate of drug-likeness (QED) is 0.425. The van der Waals surface area contributed by atoms with Gasteiger partial charge in [-0.25, -0.2) is 4.79 Å². The second kappa shape index (κ2) is 11.2. The van der Waals surface area contributed by atoms with Gasteiger partial charge in [0.05, 0.1) is 30.8 Å². The average molecular weight is 490 g/mol. The first kappa shape index (κ1) is 25.9. The lowest BCUT2D eigenvalue weighted by atomic mass is 10.2. The highest BCUT2D eigenvalue weighted by molar-refractivity contribution is 5.98. The largest absolute Gasteiger partial charge is 0.383 e. The van der Waals surface area contributed by atoms with Gasteiger partial charge in [-0.3, -0.25) is 28.8 Å². The third kappa shape index (κ3) is 5.86. The summed E-state index contributed by atoms with van der Waals surface area (Å²) in [4.78, 5) is 55.4. The number of benzene rings is 2. The lowest BCUT2D eigenvalue weighted by Crippen LogP contribution is -2.47. The van der Waals surface area contributed by atoms with Crippen molar-refractivity contribution in [3.63, 3.8) is 0 Å². The Kier molecular flexibility index (Phi) is 8.03. The summed E-state index contributed by atoms with van der Waals surface area (Å²) in [6, 6.07) is 16.8. The Morgan fingerprint density at radius 1 is 1.11 bits per heavy atom. The normalized spacial score (nSPS) is 11.5. The zero-order valence-electron chi connectivity index (χ0n) is 20.2. The lowest BCUT2D eigenvalue weighted by molar-refractivity contribution is -0.123. The van der Waals surface area contributed by atoms with Crippen molar-refractivity contribution in [2.24, 2.45) is 0 Å². The number of aromatic amines is 1. The number of carbonyl (C=O) groups excluding carboxylic acids is 2. The van der Waals surface area contributed by atoms with E-state index in [9.17, 15) is 19.2 Å². The summed E-state index contributed by atoms with van der Waals surface area (Å²) in [6.45, 7) is 1.55. The molecule has 11 heteroatoms. The van der Waals surface area contributed by atoms with Crippen LogP contribution in [0, 0.1) is 11.3 Å². The lowest BCUT2D eigenvalue weighted by Gasteiger charge is -2.26. The van der Waals surface area contributed by atoms with Gasteiger partial charge in [-0.2, -0.15) is 5.26 Å². The molecule has 36 heavy (non-hydrogen) atoms. The van der Waals surface area contributed by atoms with Crippen molar-refractivity contribution < 1.29 is 9.59 Å². The number of nitrogens with two attached hydrogens (primary N) is 1. The first-order valence-electron chi connectivity index (χ1n) is 11.1. The van der Waals surface area contributed by atoms with Crippen molar-refractivity contribution >= 4 is 29.0 Å². The summed E-state index contributed by atoms with van der Waals surface area (Å²) in [7, 11) is 2.98. The molecule has 0 radical (unpaired) electrons. The van der Waals surface area contributed by atoms with E-state index in [4.69, 9.17) is 11.0 Å². The molecule has 1 atom stereocenters. The highest BCUT2D eigenvalue weighted by Gasteiger charge is 2.25. The fraction of sp³-hybridized carbons (Fsp3) is 0.240. The van der Waals surface area contributed by atoms with Crippen molar-refractivity contribution in [2.75, 3.05) is 36.6 Å². The van der Waals surface area contributed by atoms with Gasteiger partial charge in [0.15, 0.2) is 5.69 Å². The third-order valence-electron chi connectivity index (χ3n) is 5.81. The van der Waals surface area contributed by atoms with E-state index in [1.165, 1.54) is 16.5 Å². The molecule has 1 heterocycles. The van der Waals surface area contributed by atoms with Crippen LogP contribution in [0.25, 0.3) is 0 Å². The topological polar surface area (TPSA) is 157 Å². The maximum absolute atomic E-state index is 13.0. The summed E-state index contributed by atoms with van der Waals surface area (Å²) in [5.41, 5.74) is 6.32. The predicted molar refractivity (Wildman–Crippen MR) is 137 cm³/mol. The minimum absolute atomic E-state index is 0.115. The van der Waals surface area contributed by atoms with Gasteiger partial charge in [-0.05, 0) is 43.8 Å². The number of aromatic nitrogens is 2. The van der Waals surface area contributed by atoms with Crippen LogP contribution in [0.3, 0.4) is 0 Å². The Balaban J connectivity index is 1.73. The number of nitriles is 1. The molecule has 0 unspecified atom stereocenters. The molecular weight excluding hydrogens is 462 g/mol. The second-order valence-electron chi connectivity index (χ2n) is 8.29. The molecule has 0 saturated heterocycles. The molecule has 1 aromatic heterocycles. The number of hydrogen-bond acceptors (Lipinski definition) is 7. The van der Waals surface area contributed by atoms with E-state index < -0.39 is 23.2 Å². The van der Waals surface area contributed by atoms with Crippen LogP contribution in [0.4, 0.5) is 17.2 Å². The van der Waals surface area contributed by atoms with E-state index in [0.29, 0.717) is 11.3 Å². The van der Waals surface area contributed by atoms with E-state index >= 15 is 0 Å². The van der Waals surface area contributed by atoms with Crippen LogP contribution in [0.2, 0.25) is 0 Å². The minimum atomic E-state index is -0.785. The number of anilines is 3. The first-order valence-corrected chi connectivity index (χ1v) is 11.1. The van der Waals surface area contributed by atoms with Crippen LogP contribution in [-0.2, 0) is 16.1 Å². The van der Waals surface area contributed by atoms with Crippen molar-refractivity contribution in [2.45, 2.75) is 19.5 Å². The van der Waals surface area contributed by atoms with Gasteiger partial charge in [0.1, 0.15) is 5.82 Å². The van der Waals surface area contributed by atoms with E-state index in [1.54, 1.807) is 38.2 Å². The Bertz CT molecular complexity index is 1410. The van der Waals surface area contributed by atoms with Gasteiger partial charge in [-0.15, -0.1) is 0 Å². The molecular formula is C25H27N7O4. The number of rotatable bonds is 8. The number of nitrogen functional groups attached to an aromatic ring is 1. The zero-order valence-corrected chi connectivity index (χ0v) is 20.2. The molecule has 11 nitrogen and oxygen atoms in total. The molecule has 3 rings (SSSR count). The summed E-state index contributed by atoms with van der Waals surface area (Å²) < 4.78 is 1.19. The van der Waals surface area contributed by atoms with Gasteiger partial charge in [-0.1, -0.05) is 30.3 Å². The van der Waals surface area contributed by atoms with Crippen LogP contribution < -0.4 is 27.2 Å². The predicted octanol–water partition coefficient (Wildman–Crippen LogP) is 0.961. The number of H-pyrrole nitrogens is 1. The first-order chi connectivity index (χ1) is 17.1. The molecule has 0 bridgehead atoms. The van der Waals surface area contributed by atoms with Gasteiger partial charge in [0.2, 0.25) is 11.8 Å². The van der Waals surface area contributed by atoms with Crippen molar-refractivity contribution in [1.29, 1.82) is 5.26 Å². The zero-order chi connectivity index (χ0) is 26.4. The Hall–Kier alpha value is -4.69. The fourth-order valence-corrected chi connectivity index (χ4v) is 3.48. The standard InChI is InChI=1S/C25H27N7O4/c1-16(23(34)28-19-11-9-17(13-26)10-12-19)30(2)15-20(33)31(3)21-22(27)32(25(36)29-24(21)35)14-18-7-5-4-6-8-18/h4-12,16H,14-15,27H2,1-3H3,(H,28,34)(H,29,35,36)/t16-/m1/s1. The molecule has 3 aromatic rings. The third-order valence-corrected chi connectivity index (χ3v) is 5.81. The van der Waals surface area contributed by atoms with Crippen LogP contribution in [0.15, 0.2) is 64.2 Å². The van der Waals surface area contributed by atoms with Crippen molar-refractivity contribution in [3.05, 3.63) is 86.6 Å². The molecule has 186 valence electrons. The number of likely N-dealkylation sites (N-methyl/N-ethyl adjacent to an activating group) is 2. The van der Waals surface area contributed by atoms with Gasteiger partial charge >= 0.3 is 5.69 Å². The van der Waals surface area contributed by atoms with E-state index in [0.717, 1.165) is 10.5 Å². The van der Waals surface area contributed by atoms with Crippen molar-refractivity contribution in [3.8, 4) is 6.07 Å². The van der Waals surface area contributed by atoms with Gasteiger partial charge in [0.25, 0.3) is 5.56 Å². The maximum atomic E-state index is 13.0. The van der Waals surface area contributed by atoms with Crippen LogP contribution in [0.5, 0.6) is 0 Å². The molecule has 0 saturated carbocycles. The average Bonchev–Trinajstić information content (AvgIpc) is 2.86. The van der Waals surface area contributed by atoms with E-state index in [1.807, 2.05) is 36.4 Å². The number of nitrogens with zero attached hydrogens (tertiary/aromatic N) is 4. The Morgan fingerprint density at radius 3 is 2.36 bits per heavy atom. The van der Waals surface area contributed by atoms with Gasteiger partial charge < -0.3 is 16.0 Å². The minimum Gasteiger partial charge on any atom is -0.383 e. The van der Waals surface area contributed by atoms with E-state index in [2.05, 4.69) is 10.3 Å². The Labute approximate surface area is 207 Å². The SMILES string of the molecule is C[C@H](C(=O)Nc1ccc(C#N)cc1)N(C)CC(=O)N(C)c1c(N)n(Cc2ccccc2)c(=O)[nH]c1=O. The molecule has 0 aliphatic carbocycles. The summed E-state index contributed by atoms with van der Waals surface area (Å²) in [5, 5.41) is 11.6. The molecule has 4 N–H and O–H groups in total. The fourth-order valence-electron chi connectivity index (χ4n) is 3.48. The second-order valence-corrected chi connectivity index (χ2v) is 8.29. The molecule has 0 spiro atoms. The number of carbonyl (C=O) groups is 2. The van der Waals surface area contributed by atoms with Crippen LogP contribution in [-0.4, -0.2) is 52.9 Å². The molecule has 2 aromatic carbocycles. The molecule has 0 fully saturated rings. The number of hydrogen-bond donors (Lipinski definition) is 3. The van der Waals surface area contributed by atoms with Gasteiger partial charge in [0, 0.05) is 12.7 Å². The molecule has 2 amide bonds.